The molecule has 1 N–H and O–H groups in total. The van der Waals surface area contributed by atoms with Crippen LogP contribution in [0.2, 0.25) is 0 Å². The van der Waals surface area contributed by atoms with Crippen LogP contribution in [0.1, 0.15) is 7.98 Å². The van der Waals surface area contributed by atoms with Gasteiger partial charge in [-0.1, -0.05) is 6.07 Å². The van der Waals surface area contributed by atoms with E-state index in [0.29, 0.717) is 6.07 Å². The van der Waals surface area contributed by atoms with E-state index >= 15 is 0 Å². The van der Waals surface area contributed by atoms with Crippen molar-refractivity contribution in [2.24, 2.45) is 0 Å². The standard InChI is InChI=1S/C18H14F5N3O5S.H2/c1-30-16-12(7-11(19)15(24-16)31-8-14(20)21)25-32(28,29)13-4-2-3-10-9(13)5-6-26(17(10)27)18(22)23;/h2-7,14,18,25H,8H2,1H3;1H. The Bertz CT molecular complexity index is 1320. The molecule has 0 atom stereocenters. The fraction of sp³-hybridized carbons (Fsp3) is 0.222. The van der Waals surface area contributed by atoms with Gasteiger partial charge in [-0.25, -0.2) is 21.6 Å². The fourth-order valence-corrected chi connectivity index (χ4v) is 4.05. The molecule has 1 aromatic carbocycles. The number of pyridine rings is 2. The molecule has 0 amide bonds. The smallest absolute Gasteiger partial charge is 0.321 e. The number of aromatic nitrogens is 2. The first-order valence-electron chi connectivity index (χ1n) is 8.65. The first-order chi connectivity index (χ1) is 15.0. The second kappa shape index (κ2) is 8.98. The monoisotopic (exact) mass is 481 g/mol. The molecule has 2 heterocycles. The minimum absolute atomic E-state index is 0. The van der Waals surface area contributed by atoms with E-state index in [1.165, 1.54) is 12.1 Å². The van der Waals surface area contributed by atoms with Crippen LogP contribution in [0.5, 0.6) is 11.8 Å². The van der Waals surface area contributed by atoms with E-state index in [2.05, 4.69) is 9.72 Å². The third kappa shape index (κ3) is 4.59. The predicted octanol–water partition coefficient (Wildman–Crippen LogP) is 3.63. The number of hydrogen-bond acceptors (Lipinski definition) is 6. The van der Waals surface area contributed by atoms with Gasteiger partial charge in [0.25, 0.3) is 27.9 Å². The van der Waals surface area contributed by atoms with Crippen molar-refractivity contribution in [3.8, 4) is 11.8 Å². The molecule has 0 saturated heterocycles. The summed E-state index contributed by atoms with van der Waals surface area (Å²) in [5.74, 6) is -2.57. The van der Waals surface area contributed by atoms with Crippen LogP contribution in [0.3, 0.4) is 0 Å². The maximum atomic E-state index is 14.2. The molecule has 174 valence electrons. The van der Waals surface area contributed by atoms with Crippen LogP contribution in [0.15, 0.2) is 46.2 Å². The van der Waals surface area contributed by atoms with Gasteiger partial charge < -0.3 is 9.47 Å². The Morgan fingerprint density at radius 3 is 2.50 bits per heavy atom. The van der Waals surface area contributed by atoms with Gasteiger partial charge in [-0.15, -0.1) is 0 Å². The first kappa shape index (κ1) is 23.2. The average Bonchev–Trinajstić information content (AvgIpc) is 2.72. The number of alkyl halides is 4. The van der Waals surface area contributed by atoms with E-state index < -0.39 is 63.3 Å². The van der Waals surface area contributed by atoms with Gasteiger partial charge in [0.05, 0.1) is 12.0 Å². The summed E-state index contributed by atoms with van der Waals surface area (Å²) < 4.78 is 102. The number of nitrogens with one attached hydrogen (secondary N) is 1. The number of fused-ring (bicyclic) bond motifs is 1. The van der Waals surface area contributed by atoms with Gasteiger partial charge >= 0.3 is 6.55 Å². The van der Waals surface area contributed by atoms with Crippen molar-refractivity contribution in [2.45, 2.75) is 17.9 Å². The number of methoxy groups -OCH3 is 1. The lowest BCUT2D eigenvalue weighted by Gasteiger charge is -2.15. The van der Waals surface area contributed by atoms with Gasteiger partial charge in [0.1, 0.15) is 5.69 Å². The molecule has 0 aliphatic carbocycles. The molecule has 3 aromatic rings. The molecule has 32 heavy (non-hydrogen) atoms. The molecule has 14 heteroatoms. The largest absolute Gasteiger partial charge is 0.479 e. The molecular formula is C18H16F5N3O5S. The zero-order chi connectivity index (χ0) is 23.6. The number of halogens is 5. The summed E-state index contributed by atoms with van der Waals surface area (Å²) in [6.07, 6.45) is -2.16. The van der Waals surface area contributed by atoms with Crippen LogP contribution in [0.4, 0.5) is 27.6 Å². The van der Waals surface area contributed by atoms with E-state index in [0.717, 1.165) is 25.4 Å². The number of rotatable bonds is 8. The number of nitrogens with zero attached hydrogens (tertiary/aromatic N) is 2. The Balaban J connectivity index is 0.00000385. The molecule has 2 aromatic heterocycles. The summed E-state index contributed by atoms with van der Waals surface area (Å²) in [5, 5.41) is -0.450. The Morgan fingerprint density at radius 1 is 1.16 bits per heavy atom. The zero-order valence-electron chi connectivity index (χ0n) is 16.1. The van der Waals surface area contributed by atoms with E-state index in [-0.39, 0.29) is 16.8 Å². The molecule has 8 nitrogen and oxygen atoms in total. The Morgan fingerprint density at radius 2 is 1.88 bits per heavy atom. The zero-order valence-corrected chi connectivity index (χ0v) is 16.9. The highest BCUT2D eigenvalue weighted by molar-refractivity contribution is 7.93. The lowest BCUT2D eigenvalue weighted by atomic mass is 10.2. The molecule has 0 spiro atoms. The topological polar surface area (TPSA) is 99.5 Å². The van der Waals surface area contributed by atoms with Crippen LogP contribution in [0.25, 0.3) is 10.8 Å². The maximum absolute atomic E-state index is 14.2. The van der Waals surface area contributed by atoms with Crippen molar-refractivity contribution >= 4 is 26.5 Å². The van der Waals surface area contributed by atoms with Crippen molar-refractivity contribution in [1.29, 1.82) is 0 Å². The van der Waals surface area contributed by atoms with Gasteiger partial charge in [0, 0.05) is 24.5 Å². The molecule has 0 saturated carbocycles. The fourth-order valence-electron chi connectivity index (χ4n) is 2.78. The predicted molar refractivity (Wildman–Crippen MR) is 105 cm³/mol. The van der Waals surface area contributed by atoms with Gasteiger partial charge in [-0.05, 0) is 18.2 Å². The summed E-state index contributed by atoms with van der Waals surface area (Å²) in [7, 11) is -3.44. The third-order valence-electron chi connectivity index (χ3n) is 4.13. The highest BCUT2D eigenvalue weighted by Gasteiger charge is 2.24. The quantitative estimate of drug-likeness (QED) is 0.494. The molecule has 0 bridgehead atoms. The number of hydrogen-bond donors (Lipinski definition) is 1. The Labute approximate surface area is 178 Å². The molecule has 0 fully saturated rings. The molecule has 3 rings (SSSR count). The molecule has 0 radical (unpaired) electrons. The minimum Gasteiger partial charge on any atom is -0.479 e. The second-order valence-electron chi connectivity index (χ2n) is 6.16. The van der Waals surface area contributed by atoms with E-state index in [1.54, 1.807) is 0 Å². The lowest BCUT2D eigenvalue weighted by Crippen LogP contribution is -2.21. The van der Waals surface area contributed by atoms with E-state index in [4.69, 9.17) is 4.74 Å². The summed E-state index contributed by atoms with van der Waals surface area (Å²) in [6, 6.07) is 5.08. The minimum atomic E-state index is -4.51. The summed E-state index contributed by atoms with van der Waals surface area (Å²) >= 11 is 0. The second-order valence-corrected chi connectivity index (χ2v) is 7.81. The molecule has 0 aliphatic rings. The van der Waals surface area contributed by atoms with Crippen LogP contribution in [0, 0.1) is 5.82 Å². The van der Waals surface area contributed by atoms with E-state index in [1.807, 2.05) is 4.72 Å². The van der Waals surface area contributed by atoms with Crippen molar-refractivity contribution in [2.75, 3.05) is 18.4 Å². The van der Waals surface area contributed by atoms with Gasteiger partial charge in [0.2, 0.25) is 5.88 Å². The highest BCUT2D eigenvalue weighted by atomic mass is 32.2. The van der Waals surface area contributed by atoms with Gasteiger partial charge in [0.15, 0.2) is 12.4 Å². The van der Waals surface area contributed by atoms with Crippen LogP contribution in [-0.4, -0.2) is 38.1 Å². The van der Waals surface area contributed by atoms with E-state index in [9.17, 15) is 35.2 Å². The summed E-state index contributed by atoms with van der Waals surface area (Å²) in [6.45, 7) is -4.28. The first-order valence-corrected chi connectivity index (χ1v) is 10.1. The third-order valence-corrected chi connectivity index (χ3v) is 5.55. The molecular weight excluding hydrogens is 465 g/mol. The number of benzene rings is 1. The van der Waals surface area contributed by atoms with Crippen LogP contribution >= 0.6 is 0 Å². The number of sulfonamides is 1. The Hall–Kier alpha value is -3.42. The van der Waals surface area contributed by atoms with Gasteiger partial charge in [-0.3, -0.25) is 14.1 Å². The average molecular weight is 481 g/mol. The van der Waals surface area contributed by atoms with Crippen molar-refractivity contribution < 1.29 is 41.3 Å². The summed E-state index contributed by atoms with van der Waals surface area (Å²) in [4.78, 5) is 15.3. The lowest BCUT2D eigenvalue weighted by molar-refractivity contribution is 0.0669. The van der Waals surface area contributed by atoms with Crippen molar-refractivity contribution in [1.82, 2.24) is 9.55 Å². The molecule has 0 aliphatic heterocycles. The van der Waals surface area contributed by atoms with Crippen molar-refractivity contribution in [3.63, 3.8) is 0 Å². The van der Waals surface area contributed by atoms with Crippen molar-refractivity contribution in [3.05, 3.63) is 52.7 Å². The maximum Gasteiger partial charge on any atom is 0.321 e. The van der Waals surface area contributed by atoms with Crippen LogP contribution in [-0.2, 0) is 10.0 Å². The SMILES string of the molecule is COc1nc(OCC(F)F)c(F)cc1NS(=O)(=O)c1cccc2c(=O)n(C(F)F)ccc12.[HH]. The molecule has 0 unspecified atom stereocenters. The summed E-state index contributed by atoms with van der Waals surface area (Å²) in [5.41, 5.74) is -1.60. The van der Waals surface area contributed by atoms with Gasteiger partial charge in [-0.2, -0.15) is 13.8 Å². The normalized spacial score (nSPS) is 11.9. The number of ether oxygens (including phenoxy) is 2. The van der Waals surface area contributed by atoms with Crippen LogP contribution < -0.4 is 19.8 Å². The Kier molecular flexibility index (Phi) is 6.52. The highest BCUT2D eigenvalue weighted by Crippen LogP contribution is 2.31. The number of anilines is 1.